The van der Waals surface area contributed by atoms with Gasteiger partial charge in [0.25, 0.3) is 5.91 Å². The molecule has 1 aromatic carbocycles. The molecule has 0 saturated heterocycles. The quantitative estimate of drug-likeness (QED) is 0.802. The van der Waals surface area contributed by atoms with Gasteiger partial charge in [0.1, 0.15) is 6.33 Å². The van der Waals surface area contributed by atoms with Crippen molar-refractivity contribution in [3.63, 3.8) is 0 Å². The van der Waals surface area contributed by atoms with Crippen LogP contribution >= 0.6 is 0 Å². The molecule has 7 nitrogen and oxygen atoms in total. The van der Waals surface area contributed by atoms with Crippen molar-refractivity contribution in [3.8, 4) is 11.4 Å². The van der Waals surface area contributed by atoms with Gasteiger partial charge in [-0.15, -0.1) is 0 Å². The molecule has 0 radical (unpaired) electrons. The van der Waals surface area contributed by atoms with Crippen molar-refractivity contribution in [1.29, 1.82) is 0 Å². The van der Waals surface area contributed by atoms with E-state index in [2.05, 4.69) is 20.5 Å². The van der Waals surface area contributed by atoms with Crippen LogP contribution in [0.3, 0.4) is 0 Å². The highest BCUT2D eigenvalue weighted by Gasteiger charge is 2.20. The molecule has 3 heterocycles. The number of nitrogens with zero attached hydrogens (tertiary/aromatic N) is 5. The van der Waals surface area contributed by atoms with Crippen LogP contribution in [0.1, 0.15) is 28.9 Å². The average molecular weight is 322 g/mol. The third-order valence-electron chi connectivity index (χ3n) is 4.21. The van der Waals surface area contributed by atoms with E-state index in [-0.39, 0.29) is 5.91 Å². The third kappa shape index (κ3) is 2.68. The summed E-state index contributed by atoms with van der Waals surface area (Å²) in [4.78, 5) is 16.8. The van der Waals surface area contributed by atoms with Crippen LogP contribution < -0.4 is 5.32 Å². The summed E-state index contributed by atoms with van der Waals surface area (Å²) in [7, 11) is 1.82. The molecule has 24 heavy (non-hydrogen) atoms. The number of amides is 1. The summed E-state index contributed by atoms with van der Waals surface area (Å²) < 4.78 is 3.59. The molecule has 1 aliphatic heterocycles. The average Bonchev–Trinajstić information content (AvgIpc) is 3.21. The van der Waals surface area contributed by atoms with Crippen molar-refractivity contribution in [3.05, 3.63) is 48.0 Å². The summed E-state index contributed by atoms with van der Waals surface area (Å²) >= 11 is 0. The molecule has 1 N–H and O–H groups in total. The molecule has 1 amide bonds. The minimum Gasteiger partial charge on any atom is -0.322 e. The van der Waals surface area contributed by atoms with Gasteiger partial charge < -0.3 is 5.32 Å². The second-order valence-corrected chi connectivity index (χ2v) is 5.96. The predicted octanol–water partition coefficient (Wildman–Crippen LogP) is 2.27. The zero-order valence-corrected chi connectivity index (χ0v) is 13.4. The molecule has 0 spiro atoms. The second-order valence-electron chi connectivity index (χ2n) is 5.96. The van der Waals surface area contributed by atoms with Crippen molar-refractivity contribution < 1.29 is 4.79 Å². The van der Waals surface area contributed by atoms with E-state index in [1.807, 2.05) is 36.0 Å². The number of aryl methyl sites for hydroxylation is 2. The van der Waals surface area contributed by atoms with Crippen LogP contribution in [0.15, 0.2) is 36.8 Å². The summed E-state index contributed by atoms with van der Waals surface area (Å²) in [5.74, 6) is 0.515. The standard InChI is InChI=1S/C17H18N6O/c1-22-11-18-16(21-22)12-5-4-6-13(9-12)20-17(24)14-10-19-23-8-3-2-7-15(14)23/h4-6,9-11H,2-3,7-8H2,1H3,(H,20,24). The topological polar surface area (TPSA) is 77.6 Å². The van der Waals surface area contributed by atoms with E-state index in [9.17, 15) is 4.79 Å². The van der Waals surface area contributed by atoms with Crippen LogP contribution in [-0.4, -0.2) is 30.5 Å². The van der Waals surface area contributed by atoms with E-state index in [4.69, 9.17) is 0 Å². The van der Waals surface area contributed by atoms with Gasteiger partial charge in [0.05, 0.1) is 17.5 Å². The number of benzene rings is 1. The fourth-order valence-electron chi connectivity index (χ4n) is 3.02. The van der Waals surface area contributed by atoms with Crippen molar-refractivity contribution in [2.24, 2.45) is 7.05 Å². The molecule has 0 fully saturated rings. The minimum absolute atomic E-state index is 0.121. The van der Waals surface area contributed by atoms with E-state index < -0.39 is 0 Å². The highest BCUT2D eigenvalue weighted by Crippen LogP contribution is 2.22. The lowest BCUT2D eigenvalue weighted by molar-refractivity contribution is 0.102. The number of hydrogen-bond acceptors (Lipinski definition) is 4. The van der Waals surface area contributed by atoms with Crippen molar-refractivity contribution >= 4 is 11.6 Å². The van der Waals surface area contributed by atoms with Crippen LogP contribution in [0.25, 0.3) is 11.4 Å². The lowest BCUT2D eigenvalue weighted by Gasteiger charge is -2.14. The minimum atomic E-state index is -0.121. The molecule has 0 unspecified atom stereocenters. The van der Waals surface area contributed by atoms with Gasteiger partial charge in [-0.05, 0) is 31.4 Å². The molecule has 3 aromatic rings. The Morgan fingerprint density at radius 1 is 1.29 bits per heavy atom. The Kier molecular flexibility index (Phi) is 3.60. The third-order valence-corrected chi connectivity index (χ3v) is 4.21. The molecule has 2 aromatic heterocycles. The molecule has 0 atom stereocenters. The summed E-state index contributed by atoms with van der Waals surface area (Å²) in [5, 5.41) is 11.6. The molecule has 1 aliphatic rings. The van der Waals surface area contributed by atoms with E-state index in [0.29, 0.717) is 11.4 Å². The number of carbonyl (C=O) groups is 1. The molecule has 7 heteroatoms. The lowest BCUT2D eigenvalue weighted by Crippen LogP contribution is -2.17. The van der Waals surface area contributed by atoms with Gasteiger partial charge in [-0.3, -0.25) is 14.2 Å². The maximum absolute atomic E-state index is 12.6. The van der Waals surface area contributed by atoms with Crippen molar-refractivity contribution in [1.82, 2.24) is 24.5 Å². The summed E-state index contributed by atoms with van der Waals surface area (Å²) in [5.41, 5.74) is 3.28. The van der Waals surface area contributed by atoms with E-state index in [1.165, 1.54) is 0 Å². The number of aromatic nitrogens is 5. The maximum atomic E-state index is 12.6. The molecule has 0 aliphatic carbocycles. The Labute approximate surface area is 139 Å². The largest absolute Gasteiger partial charge is 0.322 e. The SMILES string of the molecule is Cn1cnc(-c2cccc(NC(=O)c3cnn4c3CCCC4)c2)n1. The van der Waals surface area contributed by atoms with Gasteiger partial charge in [0, 0.05) is 24.8 Å². The van der Waals surface area contributed by atoms with Gasteiger partial charge in [0.15, 0.2) is 5.82 Å². The first-order valence-corrected chi connectivity index (χ1v) is 8.03. The van der Waals surface area contributed by atoms with Gasteiger partial charge in [-0.2, -0.15) is 10.2 Å². The molecule has 4 rings (SSSR count). The highest BCUT2D eigenvalue weighted by molar-refractivity contribution is 6.05. The summed E-state index contributed by atoms with van der Waals surface area (Å²) in [6.07, 6.45) is 6.45. The Bertz CT molecular complexity index is 894. The fourth-order valence-corrected chi connectivity index (χ4v) is 3.02. The van der Waals surface area contributed by atoms with Gasteiger partial charge >= 0.3 is 0 Å². The smallest absolute Gasteiger partial charge is 0.259 e. The zero-order valence-electron chi connectivity index (χ0n) is 13.4. The second kappa shape index (κ2) is 5.92. The Morgan fingerprint density at radius 3 is 3.04 bits per heavy atom. The van der Waals surface area contributed by atoms with Crippen LogP contribution in [-0.2, 0) is 20.0 Å². The number of anilines is 1. The zero-order chi connectivity index (χ0) is 16.5. The van der Waals surface area contributed by atoms with Crippen LogP contribution in [0.4, 0.5) is 5.69 Å². The normalized spacial score (nSPS) is 13.5. The van der Waals surface area contributed by atoms with Crippen molar-refractivity contribution in [2.45, 2.75) is 25.8 Å². The van der Waals surface area contributed by atoms with Gasteiger partial charge in [-0.1, -0.05) is 12.1 Å². The first-order chi connectivity index (χ1) is 11.7. The van der Waals surface area contributed by atoms with Crippen LogP contribution in [0.5, 0.6) is 0 Å². The summed E-state index contributed by atoms with van der Waals surface area (Å²) in [6.45, 7) is 0.892. The van der Waals surface area contributed by atoms with E-state index in [1.54, 1.807) is 17.2 Å². The van der Waals surface area contributed by atoms with E-state index in [0.717, 1.165) is 42.8 Å². The molecule has 0 bridgehead atoms. The number of rotatable bonds is 3. The van der Waals surface area contributed by atoms with E-state index >= 15 is 0 Å². The maximum Gasteiger partial charge on any atom is 0.259 e. The Hall–Kier alpha value is -2.96. The molecular weight excluding hydrogens is 304 g/mol. The summed E-state index contributed by atoms with van der Waals surface area (Å²) in [6, 6.07) is 7.55. The number of fused-ring (bicyclic) bond motifs is 1. The Morgan fingerprint density at radius 2 is 2.21 bits per heavy atom. The fraction of sp³-hybridized carbons (Fsp3) is 0.294. The monoisotopic (exact) mass is 322 g/mol. The first kappa shape index (κ1) is 14.6. The molecule has 0 saturated carbocycles. The number of nitrogens with one attached hydrogen (secondary N) is 1. The first-order valence-electron chi connectivity index (χ1n) is 8.03. The van der Waals surface area contributed by atoms with Gasteiger partial charge in [-0.25, -0.2) is 4.98 Å². The molecular formula is C17H18N6O. The van der Waals surface area contributed by atoms with Crippen molar-refractivity contribution in [2.75, 3.05) is 5.32 Å². The van der Waals surface area contributed by atoms with Gasteiger partial charge in [0.2, 0.25) is 0 Å². The number of carbonyl (C=O) groups excluding carboxylic acids is 1. The Balaban J connectivity index is 1.57. The highest BCUT2D eigenvalue weighted by atomic mass is 16.1. The van der Waals surface area contributed by atoms with Crippen LogP contribution in [0.2, 0.25) is 0 Å². The lowest BCUT2D eigenvalue weighted by atomic mass is 10.1. The predicted molar refractivity (Wildman–Crippen MR) is 89.6 cm³/mol. The molecule has 122 valence electrons. The van der Waals surface area contributed by atoms with Crippen LogP contribution in [0, 0.1) is 0 Å². The number of hydrogen-bond donors (Lipinski definition) is 1.